The Labute approximate surface area is 149 Å². The first-order valence-electron chi connectivity index (χ1n) is 7.50. The van der Waals surface area contributed by atoms with Crippen molar-refractivity contribution in [3.63, 3.8) is 0 Å². The fourth-order valence-electron chi connectivity index (χ4n) is 1.95. The van der Waals surface area contributed by atoms with E-state index in [0.717, 1.165) is 5.56 Å². The molecule has 0 saturated carbocycles. The Morgan fingerprint density at radius 3 is 2.56 bits per heavy atom. The van der Waals surface area contributed by atoms with Crippen LogP contribution in [0.1, 0.15) is 12.5 Å². The van der Waals surface area contributed by atoms with Crippen LogP contribution in [0.2, 0.25) is 5.02 Å². The zero-order valence-corrected chi connectivity index (χ0v) is 14.5. The van der Waals surface area contributed by atoms with Gasteiger partial charge < -0.3 is 14.8 Å². The lowest BCUT2D eigenvalue weighted by Gasteiger charge is -2.14. The van der Waals surface area contributed by atoms with Crippen molar-refractivity contribution >= 4 is 29.2 Å². The largest absolute Gasteiger partial charge is 0.479 e. The zero-order valence-electron chi connectivity index (χ0n) is 13.7. The molecule has 0 aromatic heterocycles. The van der Waals surface area contributed by atoms with Crippen molar-refractivity contribution in [2.75, 3.05) is 11.9 Å². The molecular formula is C18H17ClFNO4. The third kappa shape index (κ3) is 5.46. The number of benzene rings is 2. The maximum Gasteiger partial charge on any atom is 0.347 e. The first-order valence-corrected chi connectivity index (χ1v) is 7.88. The van der Waals surface area contributed by atoms with Gasteiger partial charge in [0.25, 0.3) is 5.91 Å². The number of ether oxygens (including phenoxy) is 2. The van der Waals surface area contributed by atoms with Crippen LogP contribution in [0, 0.1) is 12.7 Å². The average molecular weight is 366 g/mol. The van der Waals surface area contributed by atoms with E-state index in [1.807, 2.05) is 0 Å². The fourth-order valence-corrected chi connectivity index (χ4v) is 2.12. The minimum Gasteiger partial charge on any atom is -0.479 e. The summed E-state index contributed by atoms with van der Waals surface area (Å²) in [7, 11) is 0. The van der Waals surface area contributed by atoms with E-state index in [4.69, 9.17) is 21.1 Å². The van der Waals surface area contributed by atoms with Crippen molar-refractivity contribution in [3.05, 3.63) is 58.9 Å². The Bertz CT molecular complexity index is 764. The molecule has 7 heteroatoms. The van der Waals surface area contributed by atoms with Crippen LogP contribution in [0.25, 0.3) is 0 Å². The lowest BCUT2D eigenvalue weighted by atomic mass is 10.2. The van der Waals surface area contributed by atoms with Gasteiger partial charge in [-0.25, -0.2) is 9.18 Å². The minimum absolute atomic E-state index is 0.324. The lowest BCUT2D eigenvalue weighted by molar-refractivity contribution is -0.153. The van der Waals surface area contributed by atoms with Gasteiger partial charge in [-0.2, -0.15) is 0 Å². The molecule has 0 fully saturated rings. The second-order valence-corrected chi connectivity index (χ2v) is 5.69. The van der Waals surface area contributed by atoms with Crippen LogP contribution in [-0.2, 0) is 14.3 Å². The van der Waals surface area contributed by atoms with Crippen LogP contribution in [0.5, 0.6) is 5.75 Å². The lowest BCUT2D eigenvalue weighted by Crippen LogP contribution is -2.29. The number of nitrogens with one attached hydrogen (secondary N) is 1. The summed E-state index contributed by atoms with van der Waals surface area (Å²) in [6.45, 7) is 2.79. The standard InChI is InChI=1S/C18H17ClFNO4/c1-11-15(19)4-3-5-16(11)21-17(22)10-24-18(23)12(2)25-14-8-6-13(20)7-9-14/h3-9,12H,10H2,1-2H3,(H,21,22)/t12-/m1/s1. The molecule has 2 aromatic carbocycles. The first kappa shape index (κ1) is 18.7. The van der Waals surface area contributed by atoms with Crippen molar-refractivity contribution in [1.82, 2.24) is 0 Å². The summed E-state index contributed by atoms with van der Waals surface area (Å²) in [6.07, 6.45) is -0.939. The topological polar surface area (TPSA) is 64.6 Å². The number of halogens is 2. The number of carbonyl (C=O) groups is 2. The van der Waals surface area contributed by atoms with Gasteiger partial charge in [-0.1, -0.05) is 17.7 Å². The molecule has 0 aliphatic rings. The van der Waals surface area contributed by atoms with Gasteiger partial charge in [0.05, 0.1) is 0 Å². The van der Waals surface area contributed by atoms with E-state index in [-0.39, 0.29) is 0 Å². The minimum atomic E-state index is -0.939. The highest BCUT2D eigenvalue weighted by atomic mass is 35.5. The molecule has 0 radical (unpaired) electrons. The van der Waals surface area contributed by atoms with Crippen LogP contribution in [0.4, 0.5) is 10.1 Å². The summed E-state index contributed by atoms with van der Waals surface area (Å²) in [6, 6.07) is 10.3. The number of amides is 1. The molecule has 25 heavy (non-hydrogen) atoms. The number of hydrogen-bond acceptors (Lipinski definition) is 4. The molecule has 132 valence electrons. The van der Waals surface area contributed by atoms with Crippen molar-refractivity contribution in [3.8, 4) is 5.75 Å². The highest BCUT2D eigenvalue weighted by Crippen LogP contribution is 2.22. The molecule has 0 aliphatic heterocycles. The molecule has 0 saturated heterocycles. The molecular weight excluding hydrogens is 349 g/mol. The van der Waals surface area contributed by atoms with Gasteiger partial charge in [-0.05, 0) is 55.8 Å². The van der Waals surface area contributed by atoms with Gasteiger partial charge >= 0.3 is 5.97 Å². The van der Waals surface area contributed by atoms with Gasteiger partial charge in [0.2, 0.25) is 0 Å². The number of rotatable bonds is 6. The summed E-state index contributed by atoms with van der Waals surface area (Å²) < 4.78 is 23.1. The summed E-state index contributed by atoms with van der Waals surface area (Å²) in [5.41, 5.74) is 1.26. The van der Waals surface area contributed by atoms with Crippen molar-refractivity contribution in [2.24, 2.45) is 0 Å². The Balaban J connectivity index is 1.83. The first-order chi connectivity index (χ1) is 11.9. The maximum absolute atomic E-state index is 12.8. The van der Waals surface area contributed by atoms with Gasteiger partial charge in [-0.3, -0.25) is 4.79 Å². The predicted octanol–water partition coefficient (Wildman–Crippen LogP) is 3.74. The van der Waals surface area contributed by atoms with E-state index in [0.29, 0.717) is 16.5 Å². The number of anilines is 1. The van der Waals surface area contributed by atoms with Crippen LogP contribution in [0.3, 0.4) is 0 Å². The Morgan fingerprint density at radius 2 is 1.88 bits per heavy atom. The highest BCUT2D eigenvalue weighted by molar-refractivity contribution is 6.31. The van der Waals surface area contributed by atoms with E-state index in [1.165, 1.54) is 31.2 Å². The summed E-state index contributed by atoms with van der Waals surface area (Å²) >= 11 is 5.98. The molecule has 1 amide bonds. The normalized spacial score (nSPS) is 11.5. The molecule has 0 bridgehead atoms. The summed E-state index contributed by atoms with van der Waals surface area (Å²) in [5.74, 6) is -1.28. The molecule has 2 aromatic rings. The fraction of sp³-hybridized carbons (Fsp3) is 0.222. The van der Waals surface area contributed by atoms with E-state index < -0.39 is 30.4 Å². The molecule has 1 atom stereocenters. The Morgan fingerprint density at radius 1 is 1.20 bits per heavy atom. The maximum atomic E-state index is 12.8. The van der Waals surface area contributed by atoms with Crippen LogP contribution in [0.15, 0.2) is 42.5 Å². The average Bonchev–Trinajstić information content (AvgIpc) is 2.59. The van der Waals surface area contributed by atoms with Gasteiger partial charge in [-0.15, -0.1) is 0 Å². The Kier molecular flexibility index (Phi) is 6.36. The van der Waals surface area contributed by atoms with E-state index in [9.17, 15) is 14.0 Å². The molecule has 0 unspecified atom stereocenters. The van der Waals surface area contributed by atoms with Gasteiger partial charge in [0, 0.05) is 10.7 Å². The molecule has 0 aliphatic carbocycles. The Hall–Kier alpha value is -2.60. The molecule has 5 nitrogen and oxygen atoms in total. The van der Waals surface area contributed by atoms with Gasteiger partial charge in [0.15, 0.2) is 12.7 Å². The third-order valence-electron chi connectivity index (χ3n) is 3.35. The van der Waals surface area contributed by atoms with Crippen molar-refractivity contribution in [2.45, 2.75) is 20.0 Å². The quantitative estimate of drug-likeness (QED) is 0.792. The number of hydrogen-bond donors (Lipinski definition) is 1. The van der Waals surface area contributed by atoms with Crippen molar-refractivity contribution < 1.29 is 23.5 Å². The van der Waals surface area contributed by atoms with E-state index in [1.54, 1.807) is 25.1 Å². The molecule has 0 spiro atoms. The van der Waals surface area contributed by atoms with Crippen molar-refractivity contribution in [1.29, 1.82) is 0 Å². The zero-order chi connectivity index (χ0) is 18.4. The third-order valence-corrected chi connectivity index (χ3v) is 3.76. The summed E-state index contributed by atoms with van der Waals surface area (Å²) in [4.78, 5) is 23.8. The monoisotopic (exact) mass is 365 g/mol. The van der Waals surface area contributed by atoms with Crippen LogP contribution in [-0.4, -0.2) is 24.6 Å². The predicted molar refractivity (Wildman–Crippen MR) is 92.3 cm³/mol. The van der Waals surface area contributed by atoms with Gasteiger partial charge in [0.1, 0.15) is 11.6 Å². The second kappa shape index (κ2) is 8.48. The SMILES string of the molecule is Cc1c(Cl)cccc1NC(=O)COC(=O)[C@@H](C)Oc1ccc(F)cc1. The smallest absolute Gasteiger partial charge is 0.347 e. The van der Waals surface area contributed by atoms with Crippen LogP contribution < -0.4 is 10.1 Å². The number of esters is 1. The van der Waals surface area contributed by atoms with E-state index >= 15 is 0 Å². The van der Waals surface area contributed by atoms with E-state index in [2.05, 4.69) is 5.32 Å². The molecule has 0 heterocycles. The molecule has 1 N–H and O–H groups in total. The summed E-state index contributed by atoms with van der Waals surface area (Å²) in [5, 5.41) is 3.14. The number of carbonyl (C=O) groups excluding carboxylic acids is 2. The second-order valence-electron chi connectivity index (χ2n) is 5.28. The van der Waals surface area contributed by atoms with Crippen LogP contribution >= 0.6 is 11.6 Å². The molecule has 2 rings (SSSR count). The highest BCUT2D eigenvalue weighted by Gasteiger charge is 2.18.